The van der Waals surface area contributed by atoms with Crippen molar-refractivity contribution in [1.29, 1.82) is 0 Å². The minimum atomic E-state index is -1.17. The summed E-state index contributed by atoms with van der Waals surface area (Å²) in [6, 6.07) is 5.83. The number of furan rings is 1. The van der Waals surface area contributed by atoms with Gasteiger partial charge in [-0.2, -0.15) is 0 Å². The number of benzene rings is 1. The van der Waals surface area contributed by atoms with Gasteiger partial charge in [0.05, 0.1) is 25.3 Å². The van der Waals surface area contributed by atoms with E-state index in [0.717, 1.165) is 0 Å². The van der Waals surface area contributed by atoms with E-state index in [0.29, 0.717) is 29.8 Å². The summed E-state index contributed by atoms with van der Waals surface area (Å²) < 4.78 is 16.0. The van der Waals surface area contributed by atoms with E-state index in [1.54, 1.807) is 0 Å². The summed E-state index contributed by atoms with van der Waals surface area (Å²) >= 11 is 6.23. The van der Waals surface area contributed by atoms with Crippen molar-refractivity contribution in [3.63, 3.8) is 0 Å². The van der Waals surface area contributed by atoms with Crippen molar-refractivity contribution in [3.8, 4) is 11.5 Å². The van der Waals surface area contributed by atoms with Gasteiger partial charge in [0, 0.05) is 5.56 Å². The second kappa shape index (κ2) is 8.62. The van der Waals surface area contributed by atoms with Crippen molar-refractivity contribution < 1.29 is 28.6 Å². The van der Waals surface area contributed by atoms with Crippen molar-refractivity contribution in [3.05, 3.63) is 46.4 Å². The third-order valence-corrected chi connectivity index (χ3v) is 3.63. The van der Waals surface area contributed by atoms with Gasteiger partial charge in [0.25, 0.3) is 5.91 Å². The maximum atomic E-state index is 12.3. The van der Waals surface area contributed by atoms with Gasteiger partial charge >= 0.3 is 5.97 Å². The fraction of sp³-hybridized carbons (Fsp3) is 0.333. The second-order valence-corrected chi connectivity index (χ2v) is 6.36. The normalized spacial score (nSPS) is 10.7. The van der Waals surface area contributed by atoms with E-state index in [1.807, 2.05) is 13.8 Å². The van der Waals surface area contributed by atoms with Crippen LogP contribution in [-0.2, 0) is 6.54 Å². The van der Waals surface area contributed by atoms with Gasteiger partial charge in [-0.15, -0.1) is 0 Å². The van der Waals surface area contributed by atoms with E-state index in [2.05, 4.69) is 5.32 Å². The van der Waals surface area contributed by atoms with Gasteiger partial charge < -0.3 is 24.3 Å². The van der Waals surface area contributed by atoms with E-state index >= 15 is 0 Å². The molecule has 0 aliphatic carbocycles. The van der Waals surface area contributed by atoms with Crippen LogP contribution >= 0.6 is 11.6 Å². The van der Waals surface area contributed by atoms with Crippen LogP contribution in [0.15, 0.2) is 28.7 Å². The molecule has 0 saturated carbocycles. The molecule has 0 saturated heterocycles. The van der Waals surface area contributed by atoms with Gasteiger partial charge in [0.2, 0.25) is 5.76 Å². The number of carboxylic acids is 1. The summed E-state index contributed by atoms with van der Waals surface area (Å²) in [5, 5.41) is 11.7. The molecule has 140 valence electrons. The van der Waals surface area contributed by atoms with E-state index in [4.69, 9.17) is 30.6 Å². The molecule has 0 aliphatic rings. The molecule has 0 atom stereocenters. The van der Waals surface area contributed by atoms with Crippen molar-refractivity contribution in [2.45, 2.75) is 20.4 Å². The number of carboxylic acid groups (broad SMARTS) is 1. The van der Waals surface area contributed by atoms with Crippen LogP contribution in [0.4, 0.5) is 0 Å². The lowest BCUT2D eigenvalue weighted by molar-refractivity contribution is 0.0660. The van der Waals surface area contributed by atoms with Crippen LogP contribution in [0.3, 0.4) is 0 Å². The fourth-order valence-electron chi connectivity index (χ4n) is 2.10. The summed E-state index contributed by atoms with van der Waals surface area (Å²) in [6.45, 7) is 4.52. The SMILES string of the molecule is COc1cc(C(=O)NCc2ccc(C(=O)O)o2)cc(Cl)c1OCC(C)C. The molecular formula is C18H20ClNO6. The molecule has 0 fully saturated rings. The van der Waals surface area contributed by atoms with Crippen LogP contribution < -0.4 is 14.8 Å². The Bertz CT molecular complexity index is 799. The molecular weight excluding hydrogens is 362 g/mol. The Kier molecular flexibility index (Phi) is 6.52. The number of rotatable bonds is 8. The maximum absolute atomic E-state index is 12.3. The van der Waals surface area contributed by atoms with Gasteiger partial charge in [-0.3, -0.25) is 4.79 Å². The lowest BCUT2D eigenvalue weighted by Gasteiger charge is -2.15. The summed E-state index contributed by atoms with van der Waals surface area (Å²) in [5.74, 6) is -0.393. The van der Waals surface area contributed by atoms with Crippen molar-refractivity contribution >= 4 is 23.5 Å². The zero-order chi connectivity index (χ0) is 19.3. The molecule has 0 bridgehead atoms. The standard InChI is InChI=1S/C18H20ClNO6/c1-10(2)9-25-16-13(19)6-11(7-15(16)24-3)17(21)20-8-12-4-5-14(26-12)18(22)23/h4-7,10H,8-9H2,1-3H3,(H,20,21)(H,22,23). The lowest BCUT2D eigenvalue weighted by atomic mass is 10.1. The second-order valence-electron chi connectivity index (χ2n) is 5.95. The van der Waals surface area contributed by atoms with Crippen molar-refractivity contribution in [2.75, 3.05) is 13.7 Å². The van der Waals surface area contributed by atoms with Crippen molar-refractivity contribution in [1.82, 2.24) is 5.32 Å². The number of carbonyl (C=O) groups excluding carboxylic acids is 1. The average molecular weight is 382 g/mol. The third-order valence-electron chi connectivity index (χ3n) is 3.35. The first kappa shape index (κ1) is 19.7. The molecule has 0 radical (unpaired) electrons. The molecule has 2 aromatic rings. The van der Waals surface area contributed by atoms with Crippen LogP contribution in [0.1, 0.15) is 40.5 Å². The Hall–Kier alpha value is -2.67. The van der Waals surface area contributed by atoms with Crippen LogP contribution in [0, 0.1) is 5.92 Å². The first-order valence-electron chi connectivity index (χ1n) is 7.92. The Balaban J connectivity index is 2.10. The molecule has 8 heteroatoms. The predicted molar refractivity (Wildman–Crippen MR) is 95.2 cm³/mol. The zero-order valence-electron chi connectivity index (χ0n) is 14.7. The third kappa shape index (κ3) is 4.92. The number of amides is 1. The number of aromatic carboxylic acids is 1. The number of hydrogen-bond donors (Lipinski definition) is 2. The fourth-order valence-corrected chi connectivity index (χ4v) is 2.36. The Labute approximate surface area is 155 Å². The van der Waals surface area contributed by atoms with Crippen LogP contribution in [0.25, 0.3) is 0 Å². The number of halogens is 1. The molecule has 0 aliphatic heterocycles. The smallest absolute Gasteiger partial charge is 0.371 e. The number of methoxy groups -OCH3 is 1. The minimum absolute atomic E-state index is 0.0393. The number of ether oxygens (including phenoxy) is 2. The summed E-state index contributed by atoms with van der Waals surface area (Å²) in [7, 11) is 1.46. The van der Waals surface area contributed by atoms with E-state index in [-0.39, 0.29) is 22.9 Å². The molecule has 0 unspecified atom stereocenters. The van der Waals surface area contributed by atoms with Crippen LogP contribution in [0.5, 0.6) is 11.5 Å². The highest BCUT2D eigenvalue weighted by atomic mass is 35.5. The average Bonchev–Trinajstić information content (AvgIpc) is 3.07. The summed E-state index contributed by atoms with van der Waals surface area (Å²) in [5.41, 5.74) is 0.286. The Morgan fingerprint density at radius 1 is 1.31 bits per heavy atom. The quantitative estimate of drug-likeness (QED) is 0.724. The van der Waals surface area contributed by atoms with E-state index in [9.17, 15) is 9.59 Å². The molecule has 2 N–H and O–H groups in total. The largest absolute Gasteiger partial charge is 0.493 e. The molecule has 1 aromatic carbocycles. The molecule has 1 amide bonds. The highest BCUT2D eigenvalue weighted by Crippen LogP contribution is 2.36. The minimum Gasteiger partial charge on any atom is -0.493 e. The summed E-state index contributed by atoms with van der Waals surface area (Å²) in [6.07, 6.45) is 0. The number of carbonyl (C=O) groups is 2. The summed E-state index contributed by atoms with van der Waals surface area (Å²) in [4.78, 5) is 23.1. The monoisotopic (exact) mass is 381 g/mol. The highest BCUT2D eigenvalue weighted by molar-refractivity contribution is 6.32. The molecule has 7 nitrogen and oxygen atoms in total. The Morgan fingerprint density at radius 2 is 2.04 bits per heavy atom. The topological polar surface area (TPSA) is 98.0 Å². The van der Waals surface area contributed by atoms with Gasteiger partial charge in [0.15, 0.2) is 11.5 Å². The van der Waals surface area contributed by atoms with Crippen LogP contribution in [-0.4, -0.2) is 30.7 Å². The van der Waals surface area contributed by atoms with Gasteiger partial charge in [-0.25, -0.2) is 4.79 Å². The lowest BCUT2D eigenvalue weighted by Crippen LogP contribution is -2.22. The Morgan fingerprint density at radius 3 is 2.62 bits per heavy atom. The van der Waals surface area contributed by atoms with Gasteiger partial charge in [-0.05, 0) is 30.2 Å². The molecule has 0 spiro atoms. The highest BCUT2D eigenvalue weighted by Gasteiger charge is 2.17. The van der Waals surface area contributed by atoms with E-state index in [1.165, 1.54) is 31.4 Å². The van der Waals surface area contributed by atoms with Gasteiger partial charge in [0.1, 0.15) is 5.76 Å². The predicted octanol–water partition coefficient (Wildman–Crippen LogP) is 3.60. The molecule has 2 rings (SSSR count). The molecule has 26 heavy (non-hydrogen) atoms. The van der Waals surface area contributed by atoms with Gasteiger partial charge in [-0.1, -0.05) is 25.4 Å². The number of hydrogen-bond acceptors (Lipinski definition) is 5. The maximum Gasteiger partial charge on any atom is 0.371 e. The molecule has 1 aromatic heterocycles. The molecule has 1 heterocycles. The first-order valence-corrected chi connectivity index (χ1v) is 8.30. The van der Waals surface area contributed by atoms with Crippen molar-refractivity contribution in [2.24, 2.45) is 5.92 Å². The first-order chi connectivity index (χ1) is 12.3. The van der Waals surface area contributed by atoms with Crippen LogP contribution in [0.2, 0.25) is 5.02 Å². The zero-order valence-corrected chi connectivity index (χ0v) is 15.4. The van der Waals surface area contributed by atoms with E-state index < -0.39 is 11.9 Å². The number of nitrogens with one attached hydrogen (secondary N) is 1.